The van der Waals surface area contributed by atoms with Crippen LogP contribution in [0.2, 0.25) is 0 Å². The van der Waals surface area contributed by atoms with Gasteiger partial charge in [-0.2, -0.15) is 5.10 Å². The SMILES string of the molecule is C[C@H](N)[C@H](Oc1ccc2c(cnn2-c2cccc([C@H](O)CC(N)C(O)c3ccccc3)c2)c1)c1ccccc1. The second-order valence-corrected chi connectivity index (χ2v) is 9.95. The van der Waals surface area contributed by atoms with Crippen LogP contribution in [0.1, 0.15) is 48.3 Å². The van der Waals surface area contributed by atoms with Gasteiger partial charge < -0.3 is 26.4 Å². The largest absolute Gasteiger partial charge is 0.484 e. The average molecular weight is 523 g/mol. The lowest BCUT2D eigenvalue weighted by molar-refractivity contribution is 0.0956. The highest BCUT2D eigenvalue weighted by atomic mass is 16.5. The quantitative estimate of drug-likeness (QED) is 0.205. The number of nitrogens with two attached hydrogens (primary N) is 2. The molecule has 6 N–H and O–H groups in total. The number of aromatic nitrogens is 2. The van der Waals surface area contributed by atoms with Gasteiger partial charge in [0.25, 0.3) is 0 Å². The fourth-order valence-electron chi connectivity index (χ4n) is 4.84. The number of hydrogen-bond donors (Lipinski definition) is 4. The monoisotopic (exact) mass is 522 g/mol. The van der Waals surface area contributed by atoms with Crippen molar-refractivity contribution in [3.8, 4) is 11.4 Å². The summed E-state index contributed by atoms with van der Waals surface area (Å²) < 4.78 is 8.12. The zero-order chi connectivity index (χ0) is 27.4. The highest BCUT2D eigenvalue weighted by Gasteiger charge is 2.22. The topological polar surface area (TPSA) is 120 Å². The van der Waals surface area contributed by atoms with E-state index in [1.165, 1.54) is 0 Å². The predicted molar refractivity (Wildman–Crippen MR) is 153 cm³/mol. The molecule has 0 spiro atoms. The van der Waals surface area contributed by atoms with Crippen LogP contribution in [-0.4, -0.2) is 32.1 Å². The van der Waals surface area contributed by atoms with E-state index in [1.807, 2.05) is 115 Å². The highest BCUT2D eigenvalue weighted by molar-refractivity contribution is 5.81. The van der Waals surface area contributed by atoms with Crippen molar-refractivity contribution in [3.05, 3.63) is 126 Å². The van der Waals surface area contributed by atoms with Gasteiger partial charge in [-0.1, -0.05) is 72.8 Å². The molecule has 0 saturated heterocycles. The summed E-state index contributed by atoms with van der Waals surface area (Å²) in [4.78, 5) is 0. The standard InChI is InChI=1S/C32H34N4O3/c1-21(33)32(23-11-6-3-7-12-23)39-27-15-16-29-25(18-27)20-35-36(29)26-14-8-13-24(17-26)30(37)19-28(34)31(38)22-9-4-2-5-10-22/h2-18,20-21,28,30-32,37-38H,19,33-34H2,1H3/t21-,28?,30+,31?,32-/m0/s1. The van der Waals surface area contributed by atoms with Gasteiger partial charge >= 0.3 is 0 Å². The van der Waals surface area contributed by atoms with E-state index in [4.69, 9.17) is 16.2 Å². The van der Waals surface area contributed by atoms with Gasteiger partial charge in [0.05, 0.1) is 29.6 Å². The molecule has 5 aromatic rings. The minimum Gasteiger partial charge on any atom is -0.484 e. The molecule has 200 valence electrons. The van der Waals surface area contributed by atoms with Crippen molar-refractivity contribution in [2.75, 3.05) is 0 Å². The zero-order valence-electron chi connectivity index (χ0n) is 21.8. The molecule has 39 heavy (non-hydrogen) atoms. The van der Waals surface area contributed by atoms with Crippen LogP contribution in [0.3, 0.4) is 0 Å². The Morgan fingerprint density at radius 2 is 1.46 bits per heavy atom. The van der Waals surface area contributed by atoms with Crippen molar-refractivity contribution in [1.29, 1.82) is 0 Å². The number of aliphatic hydroxyl groups is 2. The molecule has 0 fully saturated rings. The van der Waals surface area contributed by atoms with E-state index in [1.54, 1.807) is 6.20 Å². The Bertz CT molecular complexity index is 1500. The minimum atomic E-state index is -0.862. The van der Waals surface area contributed by atoms with E-state index in [0.717, 1.165) is 27.7 Å². The lowest BCUT2D eigenvalue weighted by Crippen LogP contribution is -2.30. The van der Waals surface area contributed by atoms with Crippen molar-refractivity contribution >= 4 is 10.9 Å². The zero-order valence-corrected chi connectivity index (χ0v) is 21.8. The van der Waals surface area contributed by atoms with Gasteiger partial charge in [0.1, 0.15) is 11.9 Å². The number of nitrogens with zero attached hydrogens (tertiary/aromatic N) is 2. The molecule has 0 aliphatic carbocycles. The lowest BCUT2D eigenvalue weighted by Gasteiger charge is -2.23. The number of hydrogen-bond acceptors (Lipinski definition) is 6. The third kappa shape index (κ3) is 6.02. The van der Waals surface area contributed by atoms with Crippen molar-refractivity contribution in [2.45, 2.75) is 43.7 Å². The van der Waals surface area contributed by atoms with E-state index >= 15 is 0 Å². The summed E-state index contributed by atoms with van der Waals surface area (Å²) in [7, 11) is 0. The second kappa shape index (κ2) is 11.8. The first-order valence-electron chi connectivity index (χ1n) is 13.1. The summed E-state index contributed by atoms with van der Waals surface area (Å²) in [5.74, 6) is 0.711. The Hall–Kier alpha value is -4.01. The minimum absolute atomic E-state index is 0.193. The maximum atomic E-state index is 10.9. The summed E-state index contributed by atoms with van der Waals surface area (Å²) in [6.45, 7) is 1.94. The number of aliphatic hydroxyl groups excluding tert-OH is 2. The highest BCUT2D eigenvalue weighted by Crippen LogP contribution is 2.30. The molecule has 0 aliphatic rings. The van der Waals surface area contributed by atoms with Crippen LogP contribution in [0.25, 0.3) is 16.6 Å². The molecule has 0 bridgehead atoms. The van der Waals surface area contributed by atoms with Gasteiger partial charge in [-0.25, -0.2) is 4.68 Å². The smallest absolute Gasteiger partial charge is 0.138 e. The molecule has 0 radical (unpaired) electrons. The molecule has 0 amide bonds. The second-order valence-electron chi connectivity index (χ2n) is 9.95. The Kier molecular flexibility index (Phi) is 8.05. The van der Waals surface area contributed by atoms with Crippen LogP contribution in [0.15, 0.2) is 109 Å². The fourth-order valence-corrected chi connectivity index (χ4v) is 4.84. The van der Waals surface area contributed by atoms with Gasteiger partial charge in [0.2, 0.25) is 0 Å². The Labute approximate surface area is 228 Å². The third-order valence-electron chi connectivity index (χ3n) is 6.95. The van der Waals surface area contributed by atoms with E-state index in [2.05, 4.69) is 5.10 Å². The molecule has 7 heteroatoms. The molecular weight excluding hydrogens is 488 g/mol. The van der Waals surface area contributed by atoms with Crippen molar-refractivity contribution in [3.63, 3.8) is 0 Å². The Morgan fingerprint density at radius 3 is 2.15 bits per heavy atom. The summed E-state index contributed by atoms with van der Waals surface area (Å²) in [5, 5.41) is 27.1. The first-order chi connectivity index (χ1) is 18.9. The van der Waals surface area contributed by atoms with Gasteiger partial charge in [-0.15, -0.1) is 0 Å². The van der Waals surface area contributed by atoms with E-state index in [0.29, 0.717) is 11.3 Å². The third-order valence-corrected chi connectivity index (χ3v) is 6.95. The van der Waals surface area contributed by atoms with Crippen molar-refractivity contribution in [1.82, 2.24) is 9.78 Å². The lowest BCUT2D eigenvalue weighted by atomic mass is 9.95. The molecule has 1 aromatic heterocycles. The van der Waals surface area contributed by atoms with Crippen LogP contribution in [0.5, 0.6) is 5.75 Å². The normalized spacial score (nSPS) is 15.4. The van der Waals surface area contributed by atoms with Gasteiger partial charge in [0.15, 0.2) is 0 Å². The van der Waals surface area contributed by atoms with Gasteiger partial charge in [-0.05, 0) is 60.4 Å². The van der Waals surface area contributed by atoms with Crippen molar-refractivity contribution in [2.24, 2.45) is 11.5 Å². The van der Waals surface area contributed by atoms with Crippen LogP contribution in [-0.2, 0) is 0 Å². The maximum Gasteiger partial charge on any atom is 0.138 e. The number of fused-ring (bicyclic) bond motifs is 1. The molecule has 5 rings (SSSR count). The predicted octanol–water partition coefficient (Wildman–Crippen LogP) is 4.98. The molecule has 4 aromatic carbocycles. The summed E-state index contributed by atoms with van der Waals surface area (Å²) >= 11 is 0. The van der Waals surface area contributed by atoms with Crippen LogP contribution in [0, 0.1) is 0 Å². The molecule has 0 aliphatic heterocycles. The fraction of sp³-hybridized carbons (Fsp3) is 0.219. The molecule has 1 heterocycles. The molecular formula is C32H34N4O3. The van der Waals surface area contributed by atoms with E-state index in [9.17, 15) is 10.2 Å². The Balaban J connectivity index is 1.33. The van der Waals surface area contributed by atoms with E-state index < -0.39 is 18.2 Å². The average Bonchev–Trinajstić information content (AvgIpc) is 3.39. The van der Waals surface area contributed by atoms with Crippen LogP contribution < -0.4 is 16.2 Å². The van der Waals surface area contributed by atoms with Crippen molar-refractivity contribution < 1.29 is 14.9 Å². The molecule has 5 atom stereocenters. The molecule has 2 unspecified atom stereocenters. The first-order valence-corrected chi connectivity index (χ1v) is 13.1. The van der Waals surface area contributed by atoms with Gasteiger partial charge in [0, 0.05) is 17.5 Å². The van der Waals surface area contributed by atoms with E-state index in [-0.39, 0.29) is 18.6 Å². The van der Waals surface area contributed by atoms with Crippen LogP contribution >= 0.6 is 0 Å². The molecule has 7 nitrogen and oxygen atoms in total. The number of benzene rings is 4. The first kappa shape index (κ1) is 26.6. The number of rotatable bonds is 10. The Morgan fingerprint density at radius 1 is 0.795 bits per heavy atom. The number of ether oxygens (including phenoxy) is 1. The molecule has 0 saturated carbocycles. The summed E-state index contributed by atoms with van der Waals surface area (Å²) in [5.41, 5.74) is 16.7. The summed E-state index contributed by atoms with van der Waals surface area (Å²) in [6.07, 6.45) is 0.0273. The maximum absolute atomic E-state index is 10.9. The summed E-state index contributed by atoms with van der Waals surface area (Å²) in [6, 6.07) is 31.8. The van der Waals surface area contributed by atoms with Crippen LogP contribution in [0.4, 0.5) is 0 Å². The van der Waals surface area contributed by atoms with Gasteiger partial charge in [-0.3, -0.25) is 0 Å².